The summed E-state index contributed by atoms with van der Waals surface area (Å²) in [5, 5.41) is -0.137. The summed E-state index contributed by atoms with van der Waals surface area (Å²) >= 11 is 11.5. The zero-order valence-electron chi connectivity index (χ0n) is 10.8. The fourth-order valence-corrected chi connectivity index (χ4v) is 3.17. The Balaban J connectivity index is 2.19. The second-order valence-electron chi connectivity index (χ2n) is 4.09. The van der Waals surface area contributed by atoms with Gasteiger partial charge in [-0.05, 0) is 24.3 Å². The first-order valence-electron chi connectivity index (χ1n) is 5.83. The molecule has 0 aromatic heterocycles. The van der Waals surface area contributed by atoms with Crippen molar-refractivity contribution in [3.8, 4) is 0 Å². The number of nitrogens with one attached hydrogen (secondary N) is 2. The molecule has 2 aromatic rings. The fraction of sp³-hybridized carbons (Fsp3) is 0. The van der Waals surface area contributed by atoms with Crippen molar-refractivity contribution in [2.24, 2.45) is 0 Å². The number of hydrazine groups is 1. The van der Waals surface area contributed by atoms with E-state index >= 15 is 0 Å². The van der Waals surface area contributed by atoms with Crippen LogP contribution in [0.25, 0.3) is 0 Å². The van der Waals surface area contributed by atoms with Crippen molar-refractivity contribution in [3.63, 3.8) is 0 Å². The van der Waals surface area contributed by atoms with E-state index < -0.39 is 21.7 Å². The number of sulfonamides is 1. The van der Waals surface area contributed by atoms with Gasteiger partial charge in [0, 0.05) is 0 Å². The van der Waals surface area contributed by atoms with Crippen molar-refractivity contribution in [1.29, 1.82) is 0 Å². The summed E-state index contributed by atoms with van der Waals surface area (Å²) in [6.07, 6.45) is 0. The lowest BCUT2D eigenvalue weighted by atomic mass is 10.2. The first kappa shape index (κ1) is 16.7. The highest BCUT2D eigenvalue weighted by atomic mass is 35.5. The van der Waals surface area contributed by atoms with Crippen molar-refractivity contribution in [1.82, 2.24) is 10.3 Å². The van der Waals surface area contributed by atoms with Crippen molar-refractivity contribution < 1.29 is 17.6 Å². The van der Waals surface area contributed by atoms with Crippen LogP contribution in [0.1, 0.15) is 10.4 Å². The largest absolute Gasteiger partial charge is 0.273 e. The van der Waals surface area contributed by atoms with Crippen LogP contribution in [-0.2, 0) is 10.0 Å². The van der Waals surface area contributed by atoms with Crippen LogP contribution in [0.3, 0.4) is 0 Å². The van der Waals surface area contributed by atoms with Gasteiger partial charge in [-0.2, -0.15) is 0 Å². The van der Waals surface area contributed by atoms with Gasteiger partial charge in [0.25, 0.3) is 15.9 Å². The molecule has 0 saturated carbocycles. The second kappa shape index (κ2) is 6.62. The summed E-state index contributed by atoms with van der Waals surface area (Å²) in [5.74, 6) is -1.72. The maximum Gasteiger partial charge on any atom is 0.269 e. The minimum Gasteiger partial charge on any atom is -0.273 e. The lowest BCUT2D eigenvalue weighted by Gasteiger charge is -2.10. The van der Waals surface area contributed by atoms with Crippen molar-refractivity contribution >= 4 is 39.1 Å². The summed E-state index contributed by atoms with van der Waals surface area (Å²) in [7, 11) is -4.15. The van der Waals surface area contributed by atoms with Crippen LogP contribution in [0.2, 0.25) is 10.0 Å². The molecule has 5 nitrogen and oxygen atoms in total. The van der Waals surface area contributed by atoms with Crippen LogP contribution in [-0.4, -0.2) is 14.3 Å². The van der Waals surface area contributed by atoms with Gasteiger partial charge in [-0.15, -0.1) is 4.83 Å². The van der Waals surface area contributed by atoms with E-state index in [9.17, 15) is 17.6 Å². The summed E-state index contributed by atoms with van der Waals surface area (Å²) in [6, 6.07) is 9.17. The molecule has 0 aliphatic rings. The average Bonchev–Trinajstić information content (AvgIpc) is 2.48. The van der Waals surface area contributed by atoms with E-state index in [-0.39, 0.29) is 20.5 Å². The molecule has 0 saturated heterocycles. The van der Waals surface area contributed by atoms with Crippen molar-refractivity contribution in [2.75, 3.05) is 0 Å². The van der Waals surface area contributed by atoms with Gasteiger partial charge in [0.15, 0.2) is 0 Å². The molecule has 2 N–H and O–H groups in total. The molecule has 2 aromatic carbocycles. The minimum atomic E-state index is -4.15. The Kier molecular flexibility index (Phi) is 5.02. The van der Waals surface area contributed by atoms with E-state index in [2.05, 4.69) is 0 Å². The Morgan fingerprint density at radius 1 is 1.05 bits per heavy atom. The summed E-state index contributed by atoms with van der Waals surface area (Å²) in [5.41, 5.74) is 1.60. The maximum absolute atomic E-state index is 13.4. The van der Waals surface area contributed by atoms with Gasteiger partial charge in [0.05, 0.1) is 15.6 Å². The molecule has 0 atom stereocenters. The quantitative estimate of drug-likeness (QED) is 0.821. The molecule has 116 valence electrons. The minimum absolute atomic E-state index is 0.0463. The van der Waals surface area contributed by atoms with Crippen LogP contribution < -0.4 is 10.3 Å². The van der Waals surface area contributed by atoms with Gasteiger partial charge >= 0.3 is 0 Å². The van der Waals surface area contributed by atoms with Crippen LogP contribution in [0.4, 0.5) is 4.39 Å². The Hall–Kier alpha value is -1.67. The van der Waals surface area contributed by atoms with E-state index in [1.54, 1.807) is 0 Å². The van der Waals surface area contributed by atoms with E-state index in [1.165, 1.54) is 36.4 Å². The van der Waals surface area contributed by atoms with Gasteiger partial charge in [-0.1, -0.05) is 41.4 Å². The van der Waals surface area contributed by atoms with Gasteiger partial charge < -0.3 is 0 Å². The maximum atomic E-state index is 13.4. The Bertz CT molecular complexity index is 828. The molecule has 0 heterocycles. The van der Waals surface area contributed by atoms with E-state index in [1.807, 2.05) is 10.3 Å². The lowest BCUT2D eigenvalue weighted by molar-refractivity contribution is 0.0941. The highest BCUT2D eigenvalue weighted by Gasteiger charge is 2.21. The second-order valence-corrected chi connectivity index (χ2v) is 6.53. The average molecular weight is 363 g/mol. The highest BCUT2D eigenvalue weighted by molar-refractivity contribution is 7.89. The number of hydrogen-bond donors (Lipinski definition) is 2. The van der Waals surface area contributed by atoms with Gasteiger partial charge in [0.2, 0.25) is 0 Å². The molecule has 0 bridgehead atoms. The van der Waals surface area contributed by atoms with Gasteiger partial charge in [-0.25, -0.2) is 12.8 Å². The Morgan fingerprint density at radius 3 is 2.41 bits per heavy atom. The molecule has 0 aliphatic heterocycles. The normalized spacial score (nSPS) is 11.2. The third-order valence-electron chi connectivity index (χ3n) is 2.62. The molecule has 0 unspecified atom stereocenters. The molecular weight excluding hydrogens is 354 g/mol. The third-order valence-corrected chi connectivity index (χ3v) is 4.84. The fourth-order valence-electron chi connectivity index (χ4n) is 1.57. The Labute approximate surface area is 136 Å². The number of carbonyl (C=O) groups excluding carboxylic acids is 1. The number of carbonyl (C=O) groups is 1. The topological polar surface area (TPSA) is 75.3 Å². The van der Waals surface area contributed by atoms with Crippen LogP contribution >= 0.6 is 23.2 Å². The molecule has 0 radical (unpaired) electrons. The monoisotopic (exact) mass is 362 g/mol. The molecule has 9 heteroatoms. The van der Waals surface area contributed by atoms with Gasteiger partial charge in [0.1, 0.15) is 10.7 Å². The zero-order valence-corrected chi connectivity index (χ0v) is 13.1. The SMILES string of the molecule is O=C(NNS(=O)(=O)c1cccc(Cl)c1Cl)c1ccccc1F. The molecular formula is C13H9Cl2FN2O3S. The number of hydrogen-bond acceptors (Lipinski definition) is 3. The predicted molar refractivity (Wildman–Crippen MR) is 80.6 cm³/mol. The number of benzene rings is 2. The van der Waals surface area contributed by atoms with Crippen LogP contribution in [0, 0.1) is 5.82 Å². The highest BCUT2D eigenvalue weighted by Crippen LogP contribution is 2.28. The molecule has 0 aliphatic carbocycles. The number of halogens is 3. The summed E-state index contributed by atoms with van der Waals surface area (Å²) < 4.78 is 37.5. The van der Waals surface area contributed by atoms with Crippen molar-refractivity contribution in [2.45, 2.75) is 4.90 Å². The Morgan fingerprint density at radius 2 is 1.73 bits per heavy atom. The number of rotatable bonds is 4. The van der Waals surface area contributed by atoms with Gasteiger partial charge in [-0.3, -0.25) is 10.2 Å². The van der Waals surface area contributed by atoms with E-state index in [0.29, 0.717) is 0 Å². The molecule has 0 spiro atoms. The summed E-state index contributed by atoms with van der Waals surface area (Å²) in [6.45, 7) is 0. The first-order chi connectivity index (χ1) is 10.3. The predicted octanol–water partition coefficient (Wildman–Crippen LogP) is 2.76. The van der Waals surface area contributed by atoms with Crippen molar-refractivity contribution in [3.05, 3.63) is 63.9 Å². The molecule has 2 rings (SSSR count). The third kappa shape index (κ3) is 3.56. The van der Waals surface area contributed by atoms with E-state index in [4.69, 9.17) is 23.2 Å². The molecule has 1 amide bonds. The summed E-state index contributed by atoms with van der Waals surface area (Å²) in [4.78, 5) is 13.3. The molecule has 22 heavy (non-hydrogen) atoms. The zero-order chi connectivity index (χ0) is 16.3. The molecule has 0 fully saturated rings. The standard InChI is InChI=1S/C13H9Cl2FN2O3S/c14-9-5-3-7-11(12(9)15)22(20,21)18-17-13(19)8-4-1-2-6-10(8)16/h1-7,18H,(H,17,19). The smallest absolute Gasteiger partial charge is 0.269 e. The van der Waals surface area contributed by atoms with E-state index in [0.717, 1.165) is 6.07 Å². The number of amides is 1. The first-order valence-corrected chi connectivity index (χ1v) is 8.07. The van der Waals surface area contributed by atoms with Crippen LogP contribution in [0.15, 0.2) is 47.4 Å². The van der Waals surface area contributed by atoms with Crippen LogP contribution in [0.5, 0.6) is 0 Å². The lowest BCUT2D eigenvalue weighted by Crippen LogP contribution is -2.41.